The maximum atomic E-state index is 13.3. The number of ether oxygens (including phenoxy) is 2. The molecular weight excluding hydrogens is 422 g/mol. The molecular formula is C25H29N3O5. The summed E-state index contributed by atoms with van der Waals surface area (Å²) in [5, 5.41) is 2.89. The lowest BCUT2D eigenvalue weighted by Gasteiger charge is -2.32. The minimum atomic E-state index is -0.966. The smallest absolute Gasteiger partial charge is 0.325 e. The van der Waals surface area contributed by atoms with E-state index >= 15 is 0 Å². The Morgan fingerprint density at radius 1 is 1.09 bits per heavy atom. The number of hydrogen-bond donors (Lipinski definition) is 1. The van der Waals surface area contributed by atoms with Crippen molar-refractivity contribution in [3.8, 4) is 11.5 Å². The Morgan fingerprint density at radius 3 is 2.52 bits per heavy atom. The van der Waals surface area contributed by atoms with Crippen LogP contribution in [-0.2, 0) is 29.0 Å². The molecule has 0 aromatic heterocycles. The first-order chi connectivity index (χ1) is 15.9. The van der Waals surface area contributed by atoms with Crippen LogP contribution in [0.25, 0.3) is 0 Å². The van der Waals surface area contributed by atoms with Gasteiger partial charge in [-0.15, -0.1) is 0 Å². The van der Waals surface area contributed by atoms with Gasteiger partial charge in [-0.2, -0.15) is 0 Å². The lowest BCUT2D eigenvalue weighted by Crippen LogP contribution is -2.51. The monoisotopic (exact) mass is 451 g/mol. The van der Waals surface area contributed by atoms with Crippen molar-refractivity contribution in [3.05, 3.63) is 59.2 Å². The SMILES string of the molecule is CCN(Cc1ccc(OC)c(OC)c1)C(=O)CN1C(=O)NC2(CCc3ccccc3C2)C1=O. The third kappa shape index (κ3) is 4.25. The average Bonchev–Trinajstić information content (AvgIpc) is 3.05. The van der Waals surface area contributed by atoms with Gasteiger partial charge in [0.25, 0.3) is 5.91 Å². The molecule has 1 aliphatic carbocycles. The lowest BCUT2D eigenvalue weighted by molar-refractivity contribution is -0.139. The van der Waals surface area contributed by atoms with Gasteiger partial charge in [-0.05, 0) is 48.6 Å². The number of methoxy groups -OCH3 is 2. The Kier molecular flexibility index (Phi) is 6.26. The zero-order chi connectivity index (χ0) is 23.6. The van der Waals surface area contributed by atoms with Gasteiger partial charge in [0.15, 0.2) is 11.5 Å². The van der Waals surface area contributed by atoms with E-state index in [9.17, 15) is 14.4 Å². The van der Waals surface area contributed by atoms with Crippen molar-refractivity contribution >= 4 is 17.8 Å². The Balaban J connectivity index is 1.46. The molecule has 1 atom stereocenters. The van der Waals surface area contributed by atoms with Crippen molar-refractivity contribution in [1.29, 1.82) is 0 Å². The largest absolute Gasteiger partial charge is 0.493 e. The lowest BCUT2D eigenvalue weighted by atomic mass is 9.78. The Labute approximate surface area is 193 Å². The number of carbonyl (C=O) groups excluding carboxylic acids is 3. The highest BCUT2D eigenvalue weighted by Crippen LogP contribution is 2.33. The minimum absolute atomic E-state index is 0.283. The van der Waals surface area contributed by atoms with Gasteiger partial charge >= 0.3 is 6.03 Å². The third-order valence-corrected chi connectivity index (χ3v) is 6.53. The second-order valence-electron chi connectivity index (χ2n) is 8.45. The summed E-state index contributed by atoms with van der Waals surface area (Å²) in [7, 11) is 3.12. The van der Waals surface area contributed by atoms with Crippen LogP contribution in [0.3, 0.4) is 0 Å². The van der Waals surface area contributed by atoms with E-state index in [0.29, 0.717) is 43.9 Å². The van der Waals surface area contributed by atoms with Crippen molar-refractivity contribution in [2.45, 2.75) is 38.3 Å². The molecule has 2 aromatic rings. The fourth-order valence-corrected chi connectivity index (χ4v) is 4.66. The highest BCUT2D eigenvalue weighted by molar-refractivity contribution is 6.09. The Bertz CT molecular complexity index is 1090. The normalized spacial score (nSPS) is 19.3. The molecule has 1 fully saturated rings. The van der Waals surface area contributed by atoms with Crippen molar-refractivity contribution in [2.24, 2.45) is 0 Å². The van der Waals surface area contributed by atoms with E-state index in [1.165, 1.54) is 5.56 Å². The molecule has 4 amide bonds. The van der Waals surface area contributed by atoms with Crippen LogP contribution in [-0.4, -0.2) is 60.5 Å². The van der Waals surface area contributed by atoms with Gasteiger partial charge in [0.1, 0.15) is 12.1 Å². The molecule has 1 aliphatic heterocycles. The highest BCUT2D eigenvalue weighted by atomic mass is 16.5. The van der Waals surface area contributed by atoms with Gasteiger partial charge in [-0.1, -0.05) is 30.3 Å². The Morgan fingerprint density at radius 2 is 1.82 bits per heavy atom. The number of aryl methyl sites for hydroxylation is 1. The molecule has 1 saturated heterocycles. The van der Waals surface area contributed by atoms with Gasteiger partial charge in [0.05, 0.1) is 14.2 Å². The number of imide groups is 1. The van der Waals surface area contributed by atoms with Gasteiger partial charge < -0.3 is 19.7 Å². The van der Waals surface area contributed by atoms with Crippen molar-refractivity contribution in [1.82, 2.24) is 15.1 Å². The van der Waals surface area contributed by atoms with Crippen LogP contribution in [0.2, 0.25) is 0 Å². The molecule has 33 heavy (non-hydrogen) atoms. The summed E-state index contributed by atoms with van der Waals surface area (Å²) in [6.45, 7) is 2.35. The summed E-state index contributed by atoms with van der Waals surface area (Å²) in [5.74, 6) is 0.572. The van der Waals surface area contributed by atoms with E-state index < -0.39 is 11.6 Å². The summed E-state index contributed by atoms with van der Waals surface area (Å²) in [6.07, 6.45) is 1.69. The molecule has 1 spiro atoms. The second-order valence-corrected chi connectivity index (χ2v) is 8.45. The fraction of sp³-hybridized carbons (Fsp3) is 0.400. The number of urea groups is 1. The van der Waals surface area contributed by atoms with E-state index in [1.54, 1.807) is 25.2 Å². The number of carbonyl (C=O) groups is 3. The zero-order valence-corrected chi connectivity index (χ0v) is 19.2. The fourth-order valence-electron chi connectivity index (χ4n) is 4.66. The number of nitrogens with one attached hydrogen (secondary N) is 1. The quantitative estimate of drug-likeness (QED) is 0.654. The first-order valence-corrected chi connectivity index (χ1v) is 11.1. The predicted octanol–water partition coefficient (Wildman–Crippen LogP) is 2.53. The molecule has 1 N–H and O–H groups in total. The van der Waals surface area contributed by atoms with Crippen LogP contribution in [0.5, 0.6) is 11.5 Å². The minimum Gasteiger partial charge on any atom is -0.493 e. The van der Waals surface area contributed by atoms with E-state index in [0.717, 1.165) is 16.0 Å². The van der Waals surface area contributed by atoms with E-state index in [4.69, 9.17) is 9.47 Å². The number of benzene rings is 2. The van der Waals surface area contributed by atoms with E-state index in [-0.39, 0.29) is 18.4 Å². The number of hydrogen-bond acceptors (Lipinski definition) is 5. The molecule has 0 bridgehead atoms. The molecule has 2 aromatic carbocycles. The summed E-state index contributed by atoms with van der Waals surface area (Å²) in [5.41, 5.74) is 2.16. The van der Waals surface area contributed by atoms with Gasteiger partial charge in [-0.25, -0.2) is 4.79 Å². The second kappa shape index (κ2) is 9.13. The standard InChI is InChI=1S/C25H29N3O5/c1-4-27(15-17-9-10-20(32-2)21(13-17)33-3)22(29)16-28-23(30)25(26-24(28)31)12-11-18-7-5-6-8-19(18)14-25/h5-10,13H,4,11-12,14-16H2,1-3H3,(H,26,31). The first kappa shape index (κ1) is 22.6. The van der Waals surface area contributed by atoms with Crippen LogP contribution < -0.4 is 14.8 Å². The van der Waals surface area contributed by atoms with Crippen LogP contribution in [0.4, 0.5) is 4.79 Å². The molecule has 0 radical (unpaired) electrons. The average molecular weight is 452 g/mol. The van der Waals surface area contributed by atoms with Crippen LogP contribution in [0.1, 0.15) is 30.0 Å². The number of likely N-dealkylation sites (N-methyl/N-ethyl adjacent to an activating group) is 1. The van der Waals surface area contributed by atoms with Gasteiger partial charge in [0, 0.05) is 19.5 Å². The number of fused-ring (bicyclic) bond motifs is 1. The molecule has 0 saturated carbocycles. The van der Waals surface area contributed by atoms with Gasteiger partial charge in [-0.3, -0.25) is 14.5 Å². The summed E-state index contributed by atoms with van der Waals surface area (Å²) >= 11 is 0. The maximum absolute atomic E-state index is 13.3. The van der Waals surface area contributed by atoms with Crippen LogP contribution >= 0.6 is 0 Å². The number of amides is 4. The van der Waals surface area contributed by atoms with Crippen molar-refractivity contribution in [3.63, 3.8) is 0 Å². The highest BCUT2D eigenvalue weighted by Gasteiger charge is 2.52. The third-order valence-electron chi connectivity index (χ3n) is 6.53. The predicted molar refractivity (Wildman–Crippen MR) is 122 cm³/mol. The van der Waals surface area contributed by atoms with Crippen LogP contribution in [0, 0.1) is 0 Å². The molecule has 2 aliphatic rings. The van der Waals surface area contributed by atoms with E-state index in [2.05, 4.69) is 11.4 Å². The summed E-state index contributed by atoms with van der Waals surface area (Å²) in [4.78, 5) is 41.8. The molecule has 8 heteroatoms. The van der Waals surface area contributed by atoms with E-state index in [1.807, 2.05) is 37.3 Å². The first-order valence-electron chi connectivity index (χ1n) is 11.1. The summed E-state index contributed by atoms with van der Waals surface area (Å²) < 4.78 is 10.6. The van der Waals surface area contributed by atoms with Crippen molar-refractivity contribution < 1.29 is 23.9 Å². The zero-order valence-electron chi connectivity index (χ0n) is 19.2. The molecule has 1 unspecified atom stereocenters. The summed E-state index contributed by atoms with van der Waals surface area (Å²) in [6, 6.07) is 12.9. The molecule has 174 valence electrons. The van der Waals surface area contributed by atoms with Crippen molar-refractivity contribution in [2.75, 3.05) is 27.3 Å². The Hall–Kier alpha value is -3.55. The molecule has 4 rings (SSSR count). The van der Waals surface area contributed by atoms with Crippen LogP contribution in [0.15, 0.2) is 42.5 Å². The number of nitrogens with zero attached hydrogens (tertiary/aromatic N) is 2. The molecule has 8 nitrogen and oxygen atoms in total. The molecule has 1 heterocycles. The maximum Gasteiger partial charge on any atom is 0.325 e. The topological polar surface area (TPSA) is 88.2 Å². The number of rotatable bonds is 7. The van der Waals surface area contributed by atoms with Gasteiger partial charge in [0.2, 0.25) is 5.91 Å².